The van der Waals surface area contributed by atoms with Crippen LogP contribution in [0.5, 0.6) is 0 Å². The van der Waals surface area contributed by atoms with Gasteiger partial charge in [-0.15, -0.1) is 0 Å². The molecule has 1 aliphatic rings. The number of amides is 1. The van der Waals surface area contributed by atoms with Gasteiger partial charge in [0, 0.05) is 20.2 Å². The molecule has 1 aliphatic heterocycles. The van der Waals surface area contributed by atoms with Crippen molar-refractivity contribution in [1.29, 1.82) is 0 Å². The Balaban J connectivity index is 2.30. The van der Waals surface area contributed by atoms with Crippen molar-refractivity contribution in [3.8, 4) is 0 Å². The molecule has 1 fully saturated rings. The van der Waals surface area contributed by atoms with E-state index in [0.29, 0.717) is 13.1 Å². The summed E-state index contributed by atoms with van der Waals surface area (Å²) < 4.78 is 5.10. The van der Waals surface area contributed by atoms with E-state index in [1.165, 1.54) is 4.90 Å². The summed E-state index contributed by atoms with van der Waals surface area (Å²) in [6.07, 6.45) is 1.08. The Kier molecular flexibility index (Phi) is 2.70. The third-order valence-electron chi connectivity index (χ3n) is 2.05. The maximum atomic E-state index is 10.4. The summed E-state index contributed by atoms with van der Waals surface area (Å²) in [5.41, 5.74) is 0. The Labute approximate surface area is 65.8 Å². The lowest BCUT2D eigenvalue weighted by molar-refractivity contribution is 0.0420. The van der Waals surface area contributed by atoms with Gasteiger partial charge in [-0.05, 0) is 12.8 Å². The van der Waals surface area contributed by atoms with Crippen LogP contribution >= 0.6 is 0 Å². The number of piperidine rings is 1. The van der Waals surface area contributed by atoms with E-state index in [1.807, 2.05) is 0 Å². The molecule has 0 aromatic rings. The quantitative estimate of drug-likeness (QED) is 0.615. The first kappa shape index (κ1) is 8.33. The normalized spacial score (nSPS) is 20.3. The van der Waals surface area contributed by atoms with Gasteiger partial charge in [-0.2, -0.15) is 0 Å². The zero-order valence-electron chi connectivity index (χ0n) is 6.62. The van der Waals surface area contributed by atoms with Crippen LogP contribution in [0.15, 0.2) is 0 Å². The summed E-state index contributed by atoms with van der Waals surface area (Å²) in [7, 11) is 1.67. The Morgan fingerprint density at radius 1 is 1.55 bits per heavy atom. The molecule has 1 amide bonds. The molecule has 0 radical (unpaired) electrons. The van der Waals surface area contributed by atoms with Crippen LogP contribution in [0.25, 0.3) is 0 Å². The van der Waals surface area contributed by atoms with Crippen molar-refractivity contribution in [2.75, 3.05) is 20.2 Å². The van der Waals surface area contributed by atoms with Gasteiger partial charge in [-0.1, -0.05) is 0 Å². The van der Waals surface area contributed by atoms with E-state index < -0.39 is 6.09 Å². The highest BCUT2D eigenvalue weighted by Crippen LogP contribution is 2.12. The van der Waals surface area contributed by atoms with Gasteiger partial charge in [0.1, 0.15) is 0 Å². The molecule has 1 heterocycles. The summed E-state index contributed by atoms with van der Waals surface area (Å²) in [5, 5.41) is 8.58. The fourth-order valence-corrected chi connectivity index (χ4v) is 1.28. The predicted molar refractivity (Wildman–Crippen MR) is 39.6 cm³/mol. The first-order valence-corrected chi connectivity index (χ1v) is 3.74. The van der Waals surface area contributed by atoms with E-state index in [1.54, 1.807) is 7.11 Å². The molecule has 0 aromatic heterocycles. The van der Waals surface area contributed by atoms with Crippen LogP contribution < -0.4 is 0 Å². The van der Waals surface area contributed by atoms with Gasteiger partial charge in [0.15, 0.2) is 0 Å². The van der Waals surface area contributed by atoms with Crippen LogP contribution in [0, 0.1) is 0 Å². The van der Waals surface area contributed by atoms with Gasteiger partial charge < -0.3 is 14.7 Å². The number of likely N-dealkylation sites (tertiary alicyclic amines) is 1. The summed E-state index contributed by atoms with van der Waals surface area (Å²) in [6, 6.07) is 0. The van der Waals surface area contributed by atoms with Crippen molar-refractivity contribution in [2.45, 2.75) is 18.9 Å². The second kappa shape index (κ2) is 3.57. The molecular weight excluding hydrogens is 146 g/mol. The second-order valence-corrected chi connectivity index (χ2v) is 2.70. The molecule has 11 heavy (non-hydrogen) atoms. The van der Waals surface area contributed by atoms with Crippen LogP contribution in [0.2, 0.25) is 0 Å². The minimum absolute atomic E-state index is 0.255. The van der Waals surface area contributed by atoms with Crippen LogP contribution in [-0.4, -0.2) is 42.4 Å². The standard InChI is InChI=1S/C7H13NO3/c1-11-6-2-4-8(5-3-6)7(9)10/h6H,2-5H2,1H3,(H,9,10). The minimum Gasteiger partial charge on any atom is -0.465 e. The van der Waals surface area contributed by atoms with Gasteiger partial charge in [0.2, 0.25) is 0 Å². The number of hydrogen-bond acceptors (Lipinski definition) is 2. The van der Waals surface area contributed by atoms with Crippen molar-refractivity contribution >= 4 is 6.09 Å². The third kappa shape index (κ3) is 2.08. The second-order valence-electron chi connectivity index (χ2n) is 2.70. The molecule has 0 saturated carbocycles. The maximum absolute atomic E-state index is 10.4. The van der Waals surface area contributed by atoms with Crippen LogP contribution in [0.1, 0.15) is 12.8 Å². The van der Waals surface area contributed by atoms with E-state index in [9.17, 15) is 4.79 Å². The van der Waals surface area contributed by atoms with Crippen molar-refractivity contribution < 1.29 is 14.6 Å². The molecule has 0 spiro atoms. The monoisotopic (exact) mass is 159 g/mol. The van der Waals surface area contributed by atoms with E-state index in [-0.39, 0.29) is 6.10 Å². The zero-order valence-corrected chi connectivity index (χ0v) is 6.62. The first-order valence-electron chi connectivity index (χ1n) is 3.74. The molecule has 0 unspecified atom stereocenters. The molecule has 0 bridgehead atoms. The molecule has 4 nitrogen and oxygen atoms in total. The lowest BCUT2D eigenvalue weighted by atomic mass is 10.1. The fraction of sp³-hybridized carbons (Fsp3) is 0.857. The highest BCUT2D eigenvalue weighted by Gasteiger charge is 2.21. The van der Waals surface area contributed by atoms with E-state index in [4.69, 9.17) is 9.84 Å². The number of ether oxygens (including phenoxy) is 1. The minimum atomic E-state index is -0.820. The predicted octanol–water partition coefficient (Wildman–Crippen LogP) is 0.775. The average molecular weight is 159 g/mol. The highest BCUT2D eigenvalue weighted by atomic mass is 16.5. The topological polar surface area (TPSA) is 49.8 Å². The Morgan fingerprint density at radius 2 is 2.09 bits per heavy atom. The number of methoxy groups -OCH3 is 1. The summed E-state index contributed by atoms with van der Waals surface area (Å²) in [4.78, 5) is 11.9. The number of carbonyl (C=O) groups is 1. The molecular formula is C7H13NO3. The van der Waals surface area contributed by atoms with Crippen molar-refractivity contribution in [3.05, 3.63) is 0 Å². The Morgan fingerprint density at radius 3 is 2.45 bits per heavy atom. The Bertz CT molecular complexity index is 141. The zero-order chi connectivity index (χ0) is 8.27. The smallest absolute Gasteiger partial charge is 0.407 e. The van der Waals surface area contributed by atoms with E-state index in [0.717, 1.165) is 12.8 Å². The lowest BCUT2D eigenvalue weighted by Crippen LogP contribution is -2.39. The molecule has 0 aliphatic carbocycles. The molecule has 1 N–H and O–H groups in total. The molecule has 0 atom stereocenters. The highest BCUT2D eigenvalue weighted by molar-refractivity contribution is 5.64. The Hall–Kier alpha value is -0.770. The van der Waals surface area contributed by atoms with Gasteiger partial charge >= 0.3 is 6.09 Å². The average Bonchev–Trinajstić information content (AvgIpc) is 2.05. The van der Waals surface area contributed by atoms with Crippen LogP contribution in [0.3, 0.4) is 0 Å². The van der Waals surface area contributed by atoms with E-state index >= 15 is 0 Å². The fourth-order valence-electron chi connectivity index (χ4n) is 1.28. The largest absolute Gasteiger partial charge is 0.465 e. The van der Waals surface area contributed by atoms with Gasteiger partial charge in [0.25, 0.3) is 0 Å². The molecule has 0 aromatic carbocycles. The van der Waals surface area contributed by atoms with Crippen LogP contribution in [-0.2, 0) is 4.74 Å². The number of rotatable bonds is 1. The van der Waals surface area contributed by atoms with Crippen molar-refractivity contribution in [3.63, 3.8) is 0 Å². The summed E-state index contributed by atoms with van der Waals surface area (Å²) in [5.74, 6) is 0. The molecule has 1 saturated heterocycles. The van der Waals surface area contributed by atoms with Crippen LogP contribution in [0.4, 0.5) is 4.79 Å². The molecule has 4 heteroatoms. The third-order valence-corrected chi connectivity index (χ3v) is 2.05. The van der Waals surface area contributed by atoms with Crippen molar-refractivity contribution in [2.24, 2.45) is 0 Å². The first-order chi connectivity index (χ1) is 5.24. The SMILES string of the molecule is COC1CCN(C(=O)O)CC1. The van der Waals surface area contributed by atoms with Crippen molar-refractivity contribution in [1.82, 2.24) is 4.90 Å². The number of hydrogen-bond donors (Lipinski definition) is 1. The molecule has 64 valence electrons. The van der Waals surface area contributed by atoms with E-state index in [2.05, 4.69) is 0 Å². The van der Waals surface area contributed by atoms with Gasteiger partial charge in [-0.3, -0.25) is 0 Å². The maximum Gasteiger partial charge on any atom is 0.407 e. The summed E-state index contributed by atoms with van der Waals surface area (Å²) >= 11 is 0. The lowest BCUT2D eigenvalue weighted by Gasteiger charge is -2.28. The van der Waals surface area contributed by atoms with Gasteiger partial charge in [-0.25, -0.2) is 4.79 Å². The van der Waals surface area contributed by atoms with Gasteiger partial charge in [0.05, 0.1) is 6.10 Å². The number of carboxylic acid groups (broad SMARTS) is 1. The molecule has 1 rings (SSSR count). The summed E-state index contributed by atoms with van der Waals surface area (Å²) in [6.45, 7) is 1.21. The number of nitrogens with zero attached hydrogens (tertiary/aromatic N) is 1.